The Labute approximate surface area is 137 Å². The standard InChI is InChI=1S/C17H14N2O5/c1-11(20)23-16-4-2-3-12-9-14(6-7-15(12)16)24-17-8-5-13(10-18-17)19(21)22/h4-10H,2-3H2,1H3. The first-order valence-corrected chi connectivity index (χ1v) is 7.33. The molecule has 3 rings (SSSR count). The van der Waals surface area contributed by atoms with Crippen LogP contribution in [0.1, 0.15) is 24.5 Å². The van der Waals surface area contributed by atoms with Gasteiger partial charge in [-0.05, 0) is 42.7 Å². The van der Waals surface area contributed by atoms with Gasteiger partial charge >= 0.3 is 5.97 Å². The van der Waals surface area contributed by atoms with Crippen LogP contribution in [0.15, 0.2) is 42.6 Å². The fourth-order valence-corrected chi connectivity index (χ4v) is 2.46. The van der Waals surface area contributed by atoms with E-state index in [0.29, 0.717) is 11.5 Å². The van der Waals surface area contributed by atoms with Crippen LogP contribution in [-0.4, -0.2) is 15.9 Å². The summed E-state index contributed by atoms with van der Waals surface area (Å²) in [6, 6.07) is 8.20. The normalized spacial score (nSPS) is 12.8. The zero-order valence-corrected chi connectivity index (χ0v) is 12.9. The van der Waals surface area contributed by atoms with E-state index >= 15 is 0 Å². The van der Waals surface area contributed by atoms with Crippen LogP contribution >= 0.6 is 0 Å². The number of hydrogen-bond donors (Lipinski definition) is 0. The molecule has 24 heavy (non-hydrogen) atoms. The van der Waals surface area contributed by atoms with Gasteiger partial charge in [-0.1, -0.05) is 0 Å². The van der Waals surface area contributed by atoms with Gasteiger partial charge in [0.2, 0.25) is 5.88 Å². The van der Waals surface area contributed by atoms with Gasteiger partial charge in [0.1, 0.15) is 17.7 Å². The Hall–Kier alpha value is -3.22. The van der Waals surface area contributed by atoms with E-state index in [-0.39, 0.29) is 17.5 Å². The smallest absolute Gasteiger partial charge is 0.308 e. The van der Waals surface area contributed by atoms with Crippen molar-refractivity contribution < 1.29 is 19.2 Å². The Morgan fingerprint density at radius 1 is 1.29 bits per heavy atom. The molecule has 0 bridgehead atoms. The second-order valence-corrected chi connectivity index (χ2v) is 5.23. The van der Waals surface area contributed by atoms with E-state index in [9.17, 15) is 14.9 Å². The largest absolute Gasteiger partial charge is 0.439 e. The minimum atomic E-state index is -0.515. The van der Waals surface area contributed by atoms with Crippen molar-refractivity contribution in [3.8, 4) is 11.6 Å². The predicted molar refractivity (Wildman–Crippen MR) is 85.5 cm³/mol. The molecule has 0 fully saturated rings. The highest BCUT2D eigenvalue weighted by molar-refractivity contribution is 5.78. The number of carbonyl (C=O) groups is 1. The lowest BCUT2D eigenvalue weighted by molar-refractivity contribution is -0.385. The molecule has 2 aromatic rings. The Balaban J connectivity index is 1.80. The Bertz CT molecular complexity index is 827. The van der Waals surface area contributed by atoms with Crippen LogP contribution in [0.2, 0.25) is 0 Å². The lowest BCUT2D eigenvalue weighted by atomic mass is 9.95. The van der Waals surface area contributed by atoms with E-state index in [2.05, 4.69) is 4.98 Å². The molecule has 1 aliphatic rings. The number of fused-ring (bicyclic) bond motifs is 1. The maximum atomic E-state index is 11.2. The number of rotatable bonds is 4. The SMILES string of the molecule is CC(=O)OC1=CCCc2cc(Oc3ccc([N+](=O)[O-])cn3)ccc21. The van der Waals surface area contributed by atoms with Crippen molar-refractivity contribution in [1.82, 2.24) is 4.98 Å². The van der Waals surface area contributed by atoms with Crippen molar-refractivity contribution in [2.75, 3.05) is 0 Å². The van der Waals surface area contributed by atoms with Crippen LogP contribution in [-0.2, 0) is 16.0 Å². The molecule has 0 saturated heterocycles. The average Bonchev–Trinajstić information content (AvgIpc) is 2.55. The number of aryl methyl sites for hydroxylation is 1. The fraction of sp³-hybridized carbons (Fsp3) is 0.176. The van der Waals surface area contributed by atoms with Crippen LogP contribution in [0.3, 0.4) is 0 Å². The molecule has 122 valence electrons. The molecule has 1 aromatic heterocycles. The monoisotopic (exact) mass is 326 g/mol. The second kappa shape index (κ2) is 6.49. The highest BCUT2D eigenvalue weighted by Gasteiger charge is 2.16. The third-order valence-corrected chi connectivity index (χ3v) is 3.49. The minimum absolute atomic E-state index is 0.0936. The topological polar surface area (TPSA) is 91.6 Å². The zero-order valence-electron chi connectivity index (χ0n) is 12.9. The Kier molecular flexibility index (Phi) is 4.24. The number of benzene rings is 1. The molecule has 1 aliphatic carbocycles. The minimum Gasteiger partial charge on any atom is -0.439 e. The van der Waals surface area contributed by atoms with Gasteiger partial charge in [-0.3, -0.25) is 14.9 Å². The first kappa shape index (κ1) is 15.7. The molecule has 0 amide bonds. The van der Waals surface area contributed by atoms with Crippen molar-refractivity contribution in [3.63, 3.8) is 0 Å². The van der Waals surface area contributed by atoms with Gasteiger partial charge < -0.3 is 9.47 Å². The lowest BCUT2D eigenvalue weighted by Gasteiger charge is -2.17. The van der Waals surface area contributed by atoms with Crippen LogP contribution in [0.5, 0.6) is 11.6 Å². The van der Waals surface area contributed by atoms with E-state index < -0.39 is 4.92 Å². The maximum absolute atomic E-state index is 11.2. The van der Waals surface area contributed by atoms with Gasteiger partial charge in [0, 0.05) is 24.6 Å². The maximum Gasteiger partial charge on any atom is 0.308 e. The highest BCUT2D eigenvalue weighted by Crippen LogP contribution is 2.31. The number of esters is 1. The first-order chi connectivity index (χ1) is 11.5. The summed E-state index contributed by atoms with van der Waals surface area (Å²) in [7, 11) is 0. The summed E-state index contributed by atoms with van der Waals surface area (Å²) < 4.78 is 10.9. The van der Waals surface area contributed by atoms with E-state index in [1.165, 1.54) is 19.1 Å². The number of nitro groups is 1. The van der Waals surface area contributed by atoms with Gasteiger partial charge in [0.05, 0.1) is 4.92 Å². The quantitative estimate of drug-likeness (QED) is 0.484. The molecule has 1 heterocycles. The molecule has 0 atom stereocenters. The molecule has 0 radical (unpaired) electrons. The number of pyridine rings is 1. The van der Waals surface area contributed by atoms with Gasteiger partial charge in [-0.15, -0.1) is 0 Å². The van der Waals surface area contributed by atoms with E-state index in [1.54, 1.807) is 6.07 Å². The van der Waals surface area contributed by atoms with Crippen molar-refractivity contribution >= 4 is 17.4 Å². The molecule has 7 nitrogen and oxygen atoms in total. The van der Waals surface area contributed by atoms with Crippen molar-refractivity contribution in [2.24, 2.45) is 0 Å². The summed E-state index contributed by atoms with van der Waals surface area (Å²) in [5.74, 6) is 1.04. The summed E-state index contributed by atoms with van der Waals surface area (Å²) in [6.07, 6.45) is 4.62. The lowest BCUT2D eigenvalue weighted by Crippen LogP contribution is -2.05. The molecule has 0 spiro atoms. The summed E-state index contributed by atoms with van der Waals surface area (Å²) in [6.45, 7) is 1.37. The highest BCUT2D eigenvalue weighted by atomic mass is 16.6. The average molecular weight is 326 g/mol. The predicted octanol–water partition coefficient (Wildman–Crippen LogP) is 3.63. The molecule has 1 aromatic carbocycles. The van der Waals surface area contributed by atoms with Crippen LogP contribution in [0, 0.1) is 10.1 Å². The zero-order chi connectivity index (χ0) is 17.1. The van der Waals surface area contributed by atoms with E-state index in [0.717, 1.165) is 30.2 Å². The second-order valence-electron chi connectivity index (χ2n) is 5.23. The Morgan fingerprint density at radius 2 is 2.12 bits per heavy atom. The number of aromatic nitrogens is 1. The Morgan fingerprint density at radius 3 is 2.79 bits per heavy atom. The van der Waals surface area contributed by atoms with Crippen molar-refractivity contribution in [1.29, 1.82) is 0 Å². The summed E-state index contributed by atoms with van der Waals surface area (Å²) in [5, 5.41) is 10.6. The van der Waals surface area contributed by atoms with E-state index in [1.807, 2.05) is 18.2 Å². The third kappa shape index (κ3) is 3.40. The summed E-state index contributed by atoms with van der Waals surface area (Å²) >= 11 is 0. The van der Waals surface area contributed by atoms with Crippen LogP contribution < -0.4 is 4.74 Å². The fourth-order valence-electron chi connectivity index (χ4n) is 2.46. The van der Waals surface area contributed by atoms with Gasteiger partial charge in [0.15, 0.2) is 0 Å². The molecule has 0 saturated carbocycles. The van der Waals surface area contributed by atoms with Crippen LogP contribution in [0.4, 0.5) is 5.69 Å². The summed E-state index contributed by atoms with van der Waals surface area (Å²) in [5.41, 5.74) is 1.78. The van der Waals surface area contributed by atoms with Crippen molar-refractivity contribution in [2.45, 2.75) is 19.8 Å². The molecule has 0 aliphatic heterocycles. The number of allylic oxidation sites excluding steroid dienone is 1. The van der Waals surface area contributed by atoms with Crippen molar-refractivity contribution in [3.05, 3.63) is 63.8 Å². The number of hydrogen-bond acceptors (Lipinski definition) is 6. The van der Waals surface area contributed by atoms with Gasteiger partial charge in [0.25, 0.3) is 5.69 Å². The molecule has 7 heteroatoms. The van der Waals surface area contributed by atoms with E-state index in [4.69, 9.17) is 9.47 Å². The molecule has 0 unspecified atom stereocenters. The van der Waals surface area contributed by atoms with Crippen LogP contribution in [0.25, 0.3) is 5.76 Å². The number of carbonyl (C=O) groups excluding carboxylic acids is 1. The number of ether oxygens (including phenoxy) is 2. The third-order valence-electron chi connectivity index (χ3n) is 3.49. The molecular weight excluding hydrogens is 312 g/mol. The summed E-state index contributed by atoms with van der Waals surface area (Å²) in [4.78, 5) is 25.2. The molecular formula is C17H14N2O5. The first-order valence-electron chi connectivity index (χ1n) is 7.33. The molecule has 0 N–H and O–H groups in total. The number of nitrogens with zero attached hydrogens (tertiary/aromatic N) is 2. The van der Waals surface area contributed by atoms with Gasteiger partial charge in [-0.25, -0.2) is 4.98 Å². The van der Waals surface area contributed by atoms with Gasteiger partial charge in [-0.2, -0.15) is 0 Å².